The Morgan fingerprint density at radius 1 is 1.23 bits per heavy atom. The van der Waals surface area contributed by atoms with E-state index in [1.807, 2.05) is 35.2 Å². The zero-order valence-electron chi connectivity index (χ0n) is 18.2. The van der Waals surface area contributed by atoms with Crippen LogP contribution in [0.15, 0.2) is 46.9 Å². The molecule has 6 heteroatoms. The van der Waals surface area contributed by atoms with Crippen molar-refractivity contribution < 1.29 is 9.18 Å². The Morgan fingerprint density at radius 2 is 2.00 bits per heavy atom. The number of hydrogen-bond acceptors (Lipinski definition) is 2. The first-order valence-corrected chi connectivity index (χ1v) is 11.9. The van der Waals surface area contributed by atoms with E-state index in [1.165, 1.54) is 25.0 Å². The third kappa shape index (κ3) is 5.00. The Balaban J connectivity index is 1.71. The highest BCUT2D eigenvalue weighted by Gasteiger charge is 2.26. The van der Waals surface area contributed by atoms with Gasteiger partial charge in [-0.05, 0) is 55.5 Å². The maximum atomic E-state index is 13.9. The van der Waals surface area contributed by atoms with Gasteiger partial charge in [-0.25, -0.2) is 9.37 Å². The fourth-order valence-corrected chi connectivity index (χ4v) is 4.84. The molecular weight excluding hydrogens is 457 g/mol. The number of benzene rings is 2. The molecule has 0 atom stereocenters. The number of amides is 1. The number of carbonyl (C=O) groups excluding carboxylic acids is 1. The molecule has 0 unspecified atom stereocenters. The van der Waals surface area contributed by atoms with Crippen molar-refractivity contribution in [1.82, 2.24) is 14.5 Å². The van der Waals surface area contributed by atoms with Crippen LogP contribution in [0.4, 0.5) is 4.39 Å². The number of aromatic nitrogens is 2. The molecule has 0 aliphatic heterocycles. The molecule has 164 valence electrons. The van der Waals surface area contributed by atoms with E-state index < -0.39 is 0 Å². The molecule has 31 heavy (non-hydrogen) atoms. The highest BCUT2D eigenvalue weighted by molar-refractivity contribution is 9.10. The monoisotopic (exact) mass is 485 g/mol. The molecule has 1 aliphatic carbocycles. The zero-order chi connectivity index (χ0) is 22.0. The second-order valence-electron chi connectivity index (χ2n) is 8.89. The quantitative estimate of drug-likeness (QED) is 0.371. The lowest BCUT2D eigenvalue weighted by atomic mass is 10.1. The SMILES string of the molecule is CC(C)CCN(Cc1nc2cc(F)ccc2n1C1CCCC1)C(=O)c1cccc(Br)c1. The second-order valence-corrected chi connectivity index (χ2v) is 9.80. The van der Waals surface area contributed by atoms with Gasteiger partial charge in [-0.2, -0.15) is 0 Å². The van der Waals surface area contributed by atoms with Crippen LogP contribution < -0.4 is 0 Å². The first-order valence-electron chi connectivity index (χ1n) is 11.1. The van der Waals surface area contributed by atoms with Crippen molar-refractivity contribution in [2.75, 3.05) is 6.54 Å². The topological polar surface area (TPSA) is 38.1 Å². The molecule has 0 saturated heterocycles. The average Bonchev–Trinajstić information content (AvgIpc) is 3.37. The van der Waals surface area contributed by atoms with Gasteiger partial charge in [0.25, 0.3) is 5.91 Å². The fraction of sp³-hybridized carbons (Fsp3) is 0.440. The highest BCUT2D eigenvalue weighted by atomic mass is 79.9. The fourth-order valence-electron chi connectivity index (χ4n) is 4.44. The van der Waals surface area contributed by atoms with Gasteiger partial charge in [-0.1, -0.05) is 48.7 Å². The summed E-state index contributed by atoms with van der Waals surface area (Å²) in [6.45, 7) is 5.41. The lowest BCUT2D eigenvalue weighted by molar-refractivity contribution is 0.0728. The maximum absolute atomic E-state index is 13.9. The summed E-state index contributed by atoms with van der Waals surface area (Å²) in [7, 11) is 0. The zero-order valence-corrected chi connectivity index (χ0v) is 19.7. The van der Waals surface area contributed by atoms with Crippen LogP contribution in [0.1, 0.15) is 68.2 Å². The van der Waals surface area contributed by atoms with Crippen LogP contribution in [-0.2, 0) is 6.54 Å². The van der Waals surface area contributed by atoms with Crippen molar-refractivity contribution in [3.63, 3.8) is 0 Å². The molecule has 1 aliphatic rings. The number of hydrogen-bond donors (Lipinski definition) is 0. The smallest absolute Gasteiger partial charge is 0.254 e. The summed E-state index contributed by atoms with van der Waals surface area (Å²) in [6, 6.07) is 12.7. The van der Waals surface area contributed by atoms with Gasteiger partial charge in [0.2, 0.25) is 0 Å². The van der Waals surface area contributed by atoms with E-state index >= 15 is 0 Å². The third-order valence-corrected chi connectivity index (χ3v) is 6.58. The number of nitrogens with zero attached hydrogens (tertiary/aromatic N) is 3. The minimum absolute atomic E-state index is 0.00170. The lowest BCUT2D eigenvalue weighted by Gasteiger charge is -2.25. The molecule has 3 aromatic rings. The van der Waals surface area contributed by atoms with Gasteiger partial charge >= 0.3 is 0 Å². The van der Waals surface area contributed by atoms with E-state index in [1.54, 1.807) is 0 Å². The van der Waals surface area contributed by atoms with Crippen molar-refractivity contribution in [1.29, 1.82) is 0 Å². The van der Waals surface area contributed by atoms with Crippen molar-refractivity contribution in [2.24, 2.45) is 5.92 Å². The number of halogens is 2. The lowest BCUT2D eigenvalue weighted by Crippen LogP contribution is -2.33. The van der Waals surface area contributed by atoms with Crippen molar-refractivity contribution in [3.8, 4) is 0 Å². The van der Waals surface area contributed by atoms with Crippen LogP contribution in [0, 0.1) is 11.7 Å². The normalized spacial score (nSPS) is 14.6. The van der Waals surface area contributed by atoms with Gasteiger partial charge in [0.15, 0.2) is 0 Å². The Hall–Kier alpha value is -2.21. The van der Waals surface area contributed by atoms with E-state index in [4.69, 9.17) is 4.98 Å². The Labute approximate surface area is 191 Å². The van der Waals surface area contributed by atoms with Crippen molar-refractivity contribution in [2.45, 2.75) is 58.5 Å². The average molecular weight is 486 g/mol. The van der Waals surface area contributed by atoms with E-state index in [9.17, 15) is 9.18 Å². The molecule has 1 fully saturated rings. The Morgan fingerprint density at radius 3 is 2.71 bits per heavy atom. The van der Waals surface area contributed by atoms with Crippen molar-refractivity contribution >= 4 is 32.9 Å². The number of carbonyl (C=O) groups is 1. The summed E-state index contributed by atoms with van der Waals surface area (Å²) < 4.78 is 17.0. The van der Waals surface area contributed by atoms with Gasteiger partial charge < -0.3 is 9.47 Å². The molecule has 4 rings (SSSR count). The van der Waals surface area contributed by atoms with Crippen LogP contribution in [0.25, 0.3) is 11.0 Å². The summed E-state index contributed by atoms with van der Waals surface area (Å²) in [6.07, 6.45) is 5.50. The Bertz CT molecular complexity index is 1070. The van der Waals surface area contributed by atoms with Gasteiger partial charge in [-0.3, -0.25) is 4.79 Å². The third-order valence-electron chi connectivity index (χ3n) is 6.08. The first-order chi connectivity index (χ1) is 14.9. The molecular formula is C25H29BrFN3O. The van der Waals surface area contributed by atoms with E-state index in [0.717, 1.165) is 35.1 Å². The first kappa shape index (κ1) is 22.0. The highest BCUT2D eigenvalue weighted by Crippen LogP contribution is 2.34. The Kier molecular flexibility index (Phi) is 6.75. The predicted molar refractivity (Wildman–Crippen MR) is 126 cm³/mol. The van der Waals surface area contributed by atoms with E-state index in [2.05, 4.69) is 34.3 Å². The predicted octanol–water partition coefficient (Wildman–Crippen LogP) is 6.74. The molecule has 0 bridgehead atoms. The standard InChI is InChI=1S/C25H29BrFN3O/c1-17(2)12-13-29(25(31)18-6-5-7-19(26)14-18)16-24-28-22-15-20(27)10-11-23(22)30(24)21-8-3-4-9-21/h5-7,10-11,14-15,17,21H,3-4,8-9,12-13,16H2,1-2H3. The largest absolute Gasteiger partial charge is 0.331 e. The van der Waals surface area contributed by atoms with Gasteiger partial charge in [-0.15, -0.1) is 0 Å². The molecule has 0 spiro atoms. The van der Waals surface area contributed by atoms with Crippen molar-refractivity contribution in [3.05, 3.63) is 64.1 Å². The van der Waals surface area contributed by atoms with E-state index in [-0.39, 0.29) is 11.7 Å². The molecule has 1 amide bonds. The molecule has 2 aromatic carbocycles. The minimum Gasteiger partial charge on any atom is -0.331 e. The van der Waals surface area contributed by atoms with Crippen LogP contribution in [0.5, 0.6) is 0 Å². The van der Waals surface area contributed by atoms with Crippen LogP contribution in [-0.4, -0.2) is 26.9 Å². The van der Waals surface area contributed by atoms with Gasteiger partial charge in [0, 0.05) is 28.7 Å². The molecule has 0 radical (unpaired) electrons. The summed E-state index contributed by atoms with van der Waals surface area (Å²) in [4.78, 5) is 20.1. The van der Waals surface area contributed by atoms with Gasteiger partial charge in [0.1, 0.15) is 11.6 Å². The minimum atomic E-state index is -0.281. The number of fused-ring (bicyclic) bond motifs is 1. The van der Waals surface area contributed by atoms with Crippen LogP contribution in [0.2, 0.25) is 0 Å². The maximum Gasteiger partial charge on any atom is 0.254 e. The molecule has 1 heterocycles. The summed E-state index contributed by atoms with van der Waals surface area (Å²) >= 11 is 3.47. The summed E-state index contributed by atoms with van der Waals surface area (Å²) in [5.74, 6) is 1.05. The van der Waals surface area contributed by atoms with Gasteiger partial charge in [0.05, 0.1) is 17.6 Å². The van der Waals surface area contributed by atoms with Crippen LogP contribution in [0.3, 0.4) is 0 Å². The number of imidazole rings is 1. The molecule has 1 aromatic heterocycles. The number of rotatable bonds is 7. The molecule has 1 saturated carbocycles. The summed E-state index contributed by atoms with van der Waals surface area (Å²) in [5.41, 5.74) is 2.29. The second kappa shape index (κ2) is 9.51. The summed E-state index contributed by atoms with van der Waals surface area (Å²) in [5, 5.41) is 0. The van der Waals surface area contributed by atoms with Crippen LogP contribution >= 0.6 is 15.9 Å². The van der Waals surface area contributed by atoms with E-state index in [0.29, 0.717) is 36.1 Å². The molecule has 4 nitrogen and oxygen atoms in total. The molecule has 0 N–H and O–H groups in total.